The molecule has 1 saturated carbocycles. The second-order valence-corrected chi connectivity index (χ2v) is 7.25. The fourth-order valence-corrected chi connectivity index (χ4v) is 3.67. The van der Waals surface area contributed by atoms with Crippen molar-refractivity contribution in [3.63, 3.8) is 0 Å². The van der Waals surface area contributed by atoms with Crippen molar-refractivity contribution < 1.29 is 9.32 Å². The van der Waals surface area contributed by atoms with Crippen molar-refractivity contribution in [2.45, 2.75) is 18.9 Å². The van der Waals surface area contributed by atoms with Gasteiger partial charge in [0.15, 0.2) is 5.58 Å². The largest absolute Gasteiger partial charge is 0.356 e. The van der Waals surface area contributed by atoms with Crippen molar-refractivity contribution in [1.29, 1.82) is 0 Å². The molecule has 1 N–H and O–H groups in total. The van der Waals surface area contributed by atoms with E-state index in [0.29, 0.717) is 22.9 Å². The predicted molar refractivity (Wildman–Crippen MR) is 101 cm³/mol. The number of carbonyl (C=O) groups is 1. The summed E-state index contributed by atoms with van der Waals surface area (Å²) in [5, 5.41) is 10.9. The molecule has 0 bridgehead atoms. The first kappa shape index (κ1) is 15.3. The molecule has 1 amide bonds. The van der Waals surface area contributed by atoms with Gasteiger partial charge in [-0.05, 0) is 31.0 Å². The highest BCUT2D eigenvalue weighted by atomic mass is 32.1. The minimum absolute atomic E-state index is 0.0511. The molecular weight excluding hydrogens is 346 g/mol. The van der Waals surface area contributed by atoms with Gasteiger partial charge in [0, 0.05) is 22.5 Å². The molecule has 1 fully saturated rings. The SMILES string of the molecule is O=C(NC1CC1)c1ccc2onc(-c3csc(-c4ccccc4)n3)c2c1. The van der Waals surface area contributed by atoms with Crippen molar-refractivity contribution >= 4 is 28.2 Å². The van der Waals surface area contributed by atoms with Crippen LogP contribution >= 0.6 is 11.3 Å². The average Bonchev–Trinajstić information content (AvgIpc) is 3.20. The summed E-state index contributed by atoms with van der Waals surface area (Å²) < 4.78 is 5.43. The first-order valence-electron chi connectivity index (χ1n) is 8.49. The van der Waals surface area contributed by atoms with Crippen LogP contribution in [0.5, 0.6) is 0 Å². The number of nitrogens with zero attached hydrogens (tertiary/aromatic N) is 2. The lowest BCUT2D eigenvalue weighted by atomic mass is 10.1. The van der Waals surface area contributed by atoms with Gasteiger partial charge in [-0.1, -0.05) is 35.5 Å². The molecule has 0 spiro atoms. The highest BCUT2D eigenvalue weighted by Crippen LogP contribution is 2.33. The van der Waals surface area contributed by atoms with Gasteiger partial charge in [-0.3, -0.25) is 4.79 Å². The van der Waals surface area contributed by atoms with Crippen LogP contribution < -0.4 is 5.32 Å². The van der Waals surface area contributed by atoms with Crippen LogP contribution in [-0.2, 0) is 0 Å². The molecule has 2 aromatic heterocycles. The average molecular weight is 361 g/mol. The van der Waals surface area contributed by atoms with Gasteiger partial charge in [0.05, 0.1) is 5.39 Å². The highest BCUT2D eigenvalue weighted by molar-refractivity contribution is 7.13. The topological polar surface area (TPSA) is 68.0 Å². The Morgan fingerprint density at radius 3 is 2.81 bits per heavy atom. The van der Waals surface area contributed by atoms with E-state index in [9.17, 15) is 4.79 Å². The van der Waals surface area contributed by atoms with E-state index in [-0.39, 0.29) is 5.91 Å². The first-order valence-corrected chi connectivity index (χ1v) is 9.37. The fraction of sp³-hybridized carbons (Fsp3) is 0.150. The minimum Gasteiger partial charge on any atom is -0.356 e. The van der Waals surface area contributed by atoms with Crippen LogP contribution in [0.2, 0.25) is 0 Å². The third-order valence-corrected chi connectivity index (χ3v) is 5.30. The number of aromatic nitrogens is 2. The second-order valence-electron chi connectivity index (χ2n) is 6.39. The maximum atomic E-state index is 12.3. The fourth-order valence-electron chi connectivity index (χ4n) is 2.86. The van der Waals surface area contributed by atoms with Gasteiger partial charge < -0.3 is 9.84 Å². The van der Waals surface area contributed by atoms with Crippen molar-refractivity contribution in [1.82, 2.24) is 15.5 Å². The number of rotatable bonds is 4. The van der Waals surface area contributed by atoms with Crippen molar-refractivity contribution in [2.24, 2.45) is 0 Å². The number of thiazole rings is 1. The number of carbonyl (C=O) groups excluding carboxylic acids is 1. The molecule has 0 unspecified atom stereocenters. The zero-order valence-electron chi connectivity index (χ0n) is 13.8. The number of fused-ring (bicyclic) bond motifs is 1. The van der Waals surface area contributed by atoms with Crippen LogP contribution in [-0.4, -0.2) is 22.1 Å². The van der Waals surface area contributed by atoms with E-state index < -0.39 is 0 Å². The van der Waals surface area contributed by atoms with E-state index in [4.69, 9.17) is 9.51 Å². The molecule has 5 rings (SSSR count). The van der Waals surface area contributed by atoms with Crippen LogP contribution in [0.4, 0.5) is 0 Å². The van der Waals surface area contributed by atoms with Gasteiger partial charge in [-0.15, -0.1) is 11.3 Å². The van der Waals surface area contributed by atoms with Crippen LogP contribution in [0, 0.1) is 0 Å². The second kappa shape index (κ2) is 6.07. The van der Waals surface area contributed by atoms with E-state index in [1.54, 1.807) is 23.5 Å². The molecule has 4 aromatic rings. The molecule has 26 heavy (non-hydrogen) atoms. The molecule has 128 valence electrons. The van der Waals surface area contributed by atoms with Crippen LogP contribution in [0.1, 0.15) is 23.2 Å². The molecule has 0 radical (unpaired) electrons. The molecule has 0 aliphatic heterocycles. The molecular formula is C20H15N3O2S. The number of nitrogens with one attached hydrogen (secondary N) is 1. The Morgan fingerprint density at radius 1 is 1.15 bits per heavy atom. The Labute approximate surface area is 153 Å². The Hall–Kier alpha value is -2.99. The van der Waals surface area contributed by atoms with Crippen molar-refractivity contribution in [3.8, 4) is 22.0 Å². The van der Waals surface area contributed by atoms with E-state index in [2.05, 4.69) is 10.5 Å². The van der Waals surface area contributed by atoms with Gasteiger partial charge in [0.25, 0.3) is 5.91 Å². The number of hydrogen-bond acceptors (Lipinski definition) is 5. The summed E-state index contributed by atoms with van der Waals surface area (Å²) in [6.07, 6.45) is 2.13. The summed E-state index contributed by atoms with van der Waals surface area (Å²) >= 11 is 1.56. The van der Waals surface area contributed by atoms with Crippen molar-refractivity contribution in [2.75, 3.05) is 0 Å². The molecule has 0 saturated heterocycles. The van der Waals surface area contributed by atoms with Gasteiger partial charge in [0.1, 0.15) is 16.4 Å². The van der Waals surface area contributed by atoms with E-state index in [1.165, 1.54) is 0 Å². The monoisotopic (exact) mass is 361 g/mol. The number of amides is 1. The molecule has 1 aliphatic carbocycles. The summed E-state index contributed by atoms with van der Waals surface area (Å²) in [4.78, 5) is 17.0. The van der Waals surface area contributed by atoms with Gasteiger partial charge in [0.2, 0.25) is 0 Å². The van der Waals surface area contributed by atoms with Crippen LogP contribution in [0.15, 0.2) is 58.4 Å². The van der Waals surface area contributed by atoms with E-state index in [0.717, 1.165) is 34.5 Å². The predicted octanol–water partition coefficient (Wildman–Crippen LogP) is 4.51. The quantitative estimate of drug-likeness (QED) is 0.581. The van der Waals surface area contributed by atoms with E-state index >= 15 is 0 Å². The Bertz CT molecular complexity index is 1100. The summed E-state index contributed by atoms with van der Waals surface area (Å²) in [5.41, 5.74) is 3.76. The zero-order valence-corrected chi connectivity index (χ0v) is 14.6. The number of benzene rings is 2. The summed E-state index contributed by atoms with van der Waals surface area (Å²) in [6, 6.07) is 15.8. The molecule has 6 heteroatoms. The van der Waals surface area contributed by atoms with Gasteiger partial charge >= 0.3 is 0 Å². The van der Waals surface area contributed by atoms with Gasteiger partial charge in [-0.25, -0.2) is 4.98 Å². The highest BCUT2D eigenvalue weighted by Gasteiger charge is 2.24. The zero-order chi connectivity index (χ0) is 17.5. The van der Waals surface area contributed by atoms with Crippen molar-refractivity contribution in [3.05, 3.63) is 59.5 Å². The van der Waals surface area contributed by atoms with Crippen LogP contribution in [0.3, 0.4) is 0 Å². The Morgan fingerprint density at radius 2 is 2.00 bits per heavy atom. The lowest BCUT2D eigenvalue weighted by molar-refractivity contribution is 0.0951. The smallest absolute Gasteiger partial charge is 0.251 e. The molecule has 1 aliphatic rings. The maximum Gasteiger partial charge on any atom is 0.251 e. The Balaban J connectivity index is 1.52. The third kappa shape index (κ3) is 2.78. The molecule has 0 atom stereocenters. The normalized spacial score (nSPS) is 13.8. The van der Waals surface area contributed by atoms with E-state index in [1.807, 2.05) is 41.8 Å². The maximum absolute atomic E-state index is 12.3. The summed E-state index contributed by atoms with van der Waals surface area (Å²) in [5.74, 6) is -0.0511. The first-order chi connectivity index (χ1) is 12.8. The Kier molecular flexibility index (Phi) is 3.57. The lowest BCUT2D eigenvalue weighted by Gasteiger charge is -2.02. The molecule has 2 heterocycles. The number of hydrogen-bond donors (Lipinski definition) is 1. The minimum atomic E-state index is -0.0511. The molecule has 5 nitrogen and oxygen atoms in total. The summed E-state index contributed by atoms with van der Waals surface area (Å²) in [7, 11) is 0. The van der Waals surface area contributed by atoms with Crippen LogP contribution in [0.25, 0.3) is 32.9 Å². The summed E-state index contributed by atoms with van der Waals surface area (Å²) in [6.45, 7) is 0. The third-order valence-electron chi connectivity index (χ3n) is 4.41. The molecule has 2 aromatic carbocycles. The van der Waals surface area contributed by atoms with Gasteiger partial charge in [-0.2, -0.15) is 0 Å². The standard InChI is InChI=1S/C20H15N3O2S/c24-19(21-14-7-8-14)13-6-9-17-15(10-13)18(23-25-17)16-11-26-20(22-16)12-4-2-1-3-5-12/h1-6,9-11,14H,7-8H2,(H,21,24). The lowest BCUT2D eigenvalue weighted by Crippen LogP contribution is -2.25.